The van der Waals surface area contributed by atoms with Gasteiger partial charge in [-0.05, 0) is 73.6 Å². The van der Waals surface area contributed by atoms with E-state index in [4.69, 9.17) is 0 Å². The lowest BCUT2D eigenvalue weighted by atomic mass is 9.82. The van der Waals surface area contributed by atoms with Gasteiger partial charge in [0.25, 0.3) is 0 Å². The van der Waals surface area contributed by atoms with Crippen LogP contribution < -0.4 is 5.32 Å². The van der Waals surface area contributed by atoms with Gasteiger partial charge >= 0.3 is 0 Å². The minimum atomic E-state index is 0.209. The standard InChI is InChI=1S/C14H24BrNS/c1-10-11(9-12(15)17-10)14(5,6)7-8-16-13(2,3)4/h9,16H,7-8H2,1-6H3. The molecule has 0 amide bonds. The molecule has 0 aromatic carbocycles. The summed E-state index contributed by atoms with van der Waals surface area (Å²) in [5.74, 6) is 0. The van der Waals surface area contributed by atoms with Crippen molar-refractivity contribution in [1.29, 1.82) is 0 Å². The predicted molar refractivity (Wildman–Crippen MR) is 82.2 cm³/mol. The van der Waals surface area contributed by atoms with Crippen LogP contribution in [0, 0.1) is 6.92 Å². The van der Waals surface area contributed by atoms with Crippen molar-refractivity contribution < 1.29 is 0 Å². The fraction of sp³-hybridized carbons (Fsp3) is 0.714. The highest BCUT2D eigenvalue weighted by molar-refractivity contribution is 9.11. The van der Waals surface area contributed by atoms with Gasteiger partial charge in [0.1, 0.15) is 0 Å². The summed E-state index contributed by atoms with van der Waals surface area (Å²) in [6.45, 7) is 14.6. The van der Waals surface area contributed by atoms with E-state index < -0.39 is 0 Å². The highest BCUT2D eigenvalue weighted by Crippen LogP contribution is 2.36. The van der Waals surface area contributed by atoms with E-state index in [1.807, 2.05) is 11.3 Å². The van der Waals surface area contributed by atoms with Crippen molar-refractivity contribution in [2.45, 2.75) is 58.9 Å². The van der Waals surface area contributed by atoms with Gasteiger partial charge in [0.05, 0.1) is 3.79 Å². The van der Waals surface area contributed by atoms with Crippen molar-refractivity contribution >= 4 is 27.3 Å². The number of halogens is 1. The second kappa shape index (κ2) is 5.41. The molecule has 1 N–H and O–H groups in total. The molecule has 0 aliphatic rings. The Balaban J connectivity index is 2.66. The van der Waals surface area contributed by atoms with Gasteiger partial charge in [-0.1, -0.05) is 13.8 Å². The topological polar surface area (TPSA) is 12.0 Å². The molecule has 0 saturated carbocycles. The molecule has 0 unspecified atom stereocenters. The van der Waals surface area contributed by atoms with Gasteiger partial charge in [-0.25, -0.2) is 0 Å². The third kappa shape index (κ3) is 4.72. The zero-order valence-electron chi connectivity index (χ0n) is 11.8. The number of aryl methyl sites for hydroxylation is 1. The number of hydrogen-bond acceptors (Lipinski definition) is 2. The third-order valence-corrected chi connectivity index (χ3v) is 4.58. The van der Waals surface area contributed by atoms with E-state index in [2.05, 4.69) is 68.9 Å². The number of hydrogen-bond donors (Lipinski definition) is 1. The van der Waals surface area contributed by atoms with Gasteiger partial charge in [-0.3, -0.25) is 0 Å². The average Bonchev–Trinajstić information content (AvgIpc) is 2.43. The number of thiophene rings is 1. The maximum Gasteiger partial charge on any atom is 0.0704 e. The molecule has 1 aromatic rings. The summed E-state index contributed by atoms with van der Waals surface area (Å²) in [6.07, 6.45) is 1.16. The summed E-state index contributed by atoms with van der Waals surface area (Å²) in [7, 11) is 0. The molecule has 3 heteroatoms. The molecular formula is C14H24BrNS. The van der Waals surface area contributed by atoms with Crippen LogP contribution in [0.4, 0.5) is 0 Å². The summed E-state index contributed by atoms with van der Waals surface area (Å²) >= 11 is 5.41. The normalized spacial score (nSPS) is 13.1. The van der Waals surface area contributed by atoms with E-state index in [1.165, 1.54) is 14.2 Å². The second-order valence-corrected chi connectivity index (χ2v) is 8.97. The number of nitrogens with one attached hydrogen (secondary N) is 1. The molecule has 0 bridgehead atoms. The van der Waals surface area contributed by atoms with Crippen LogP contribution in [0.15, 0.2) is 9.85 Å². The Bertz CT molecular complexity index is 374. The first-order chi connectivity index (χ1) is 7.62. The van der Waals surface area contributed by atoms with Crippen molar-refractivity contribution in [1.82, 2.24) is 5.32 Å². The Morgan fingerprint density at radius 3 is 2.24 bits per heavy atom. The molecule has 0 fully saturated rings. The van der Waals surface area contributed by atoms with Crippen LogP contribution in [0.1, 0.15) is 51.5 Å². The predicted octanol–water partition coefficient (Wildman–Crippen LogP) is 4.87. The lowest BCUT2D eigenvalue weighted by Crippen LogP contribution is -2.38. The van der Waals surface area contributed by atoms with E-state index in [9.17, 15) is 0 Å². The summed E-state index contributed by atoms with van der Waals surface area (Å²) in [5.41, 5.74) is 1.93. The minimum absolute atomic E-state index is 0.209. The molecule has 0 atom stereocenters. The van der Waals surface area contributed by atoms with E-state index in [0.29, 0.717) is 0 Å². The minimum Gasteiger partial charge on any atom is -0.312 e. The molecule has 0 spiro atoms. The summed E-state index contributed by atoms with van der Waals surface area (Å²) in [6, 6.07) is 2.27. The quantitative estimate of drug-likeness (QED) is 0.835. The molecule has 1 heterocycles. The Morgan fingerprint density at radius 2 is 1.82 bits per heavy atom. The van der Waals surface area contributed by atoms with E-state index >= 15 is 0 Å². The molecule has 0 saturated heterocycles. The van der Waals surface area contributed by atoms with Crippen LogP contribution in [0.3, 0.4) is 0 Å². The van der Waals surface area contributed by atoms with Gasteiger partial charge < -0.3 is 5.32 Å². The Kier molecular flexibility index (Phi) is 4.84. The van der Waals surface area contributed by atoms with Crippen molar-refractivity contribution in [3.8, 4) is 0 Å². The first kappa shape index (κ1) is 15.2. The maximum atomic E-state index is 3.58. The SMILES string of the molecule is Cc1sc(Br)cc1C(C)(C)CCNC(C)(C)C. The summed E-state index contributed by atoms with van der Waals surface area (Å²) in [5, 5.41) is 3.57. The van der Waals surface area contributed by atoms with Crippen LogP contribution in [0.2, 0.25) is 0 Å². The summed E-state index contributed by atoms with van der Waals surface area (Å²) in [4.78, 5) is 1.43. The Hall–Kier alpha value is 0.140. The highest BCUT2D eigenvalue weighted by Gasteiger charge is 2.24. The smallest absolute Gasteiger partial charge is 0.0704 e. The van der Waals surface area contributed by atoms with E-state index in [0.717, 1.165) is 13.0 Å². The molecular weight excluding hydrogens is 294 g/mol. The van der Waals surface area contributed by atoms with Crippen molar-refractivity contribution in [2.75, 3.05) is 6.54 Å². The van der Waals surface area contributed by atoms with E-state index in [-0.39, 0.29) is 11.0 Å². The second-order valence-electron chi connectivity index (χ2n) is 6.33. The molecule has 1 aromatic heterocycles. The molecule has 0 aliphatic carbocycles. The third-order valence-electron chi connectivity index (χ3n) is 3.02. The van der Waals surface area contributed by atoms with Crippen LogP contribution in [0.25, 0.3) is 0 Å². The van der Waals surface area contributed by atoms with Crippen LogP contribution in [0.5, 0.6) is 0 Å². The van der Waals surface area contributed by atoms with Crippen molar-refractivity contribution in [3.05, 3.63) is 20.3 Å². The van der Waals surface area contributed by atoms with E-state index in [1.54, 1.807) is 0 Å². The largest absolute Gasteiger partial charge is 0.312 e. The van der Waals surface area contributed by atoms with Gasteiger partial charge in [0.15, 0.2) is 0 Å². The van der Waals surface area contributed by atoms with Crippen molar-refractivity contribution in [3.63, 3.8) is 0 Å². The first-order valence-corrected chi connectivity index (χ1v) is 7.74. The van der Waals surface area contributed by atoms with Crippen molar-refractivity contribution in [2.24, 2.45) is 0 Å². The van der Waals surface area contributed by atoms with Crippen LogP contribution >= 0.6 is 27.3 Å². The molecule has 1 rings (SSSR count). The molecule has 17 heavy (non-hydrogen) atoms. The van der Waals surface area contributed by atoms with Gasteiger partial charge in [0.2, 0.25) is 0 Å². The lowest BCUT2D eigenvalue weighted by molar-refractivity contribution is 0.379. The zero-order valence-corrected chi connectivity index (χ0v) is 14.2. The number of rotatable bonds is 4. The van der Waals surface area contributed by atoms with Gasteiger partial charge in [0, 0.05) is 10.4 Å². The van der Waals surface area contributed by atoms with Crippen LogP contribution in [-0.2, 0) is 5.41 Å². The summed E-state index contributed by atoms with van der Waals surface area (Å²) < 4.78 is 1.24. The first-order valence-electron chi connectivity index (χ1n) is 6.13. The molecule has 0 aliphatic heterocycles. The van der Waals surface area contributed by atoms with Crippen LogP contribution in [-0.4, -0.2) is 12.1 Å². The fourth-order valence-electron chi connectivity index (χ4n) is 2.00. The Labute approximate surface area is 118 Å². The molecule has 0 radical (unpaired) electrons. The van der Waals surface area contributed by atoms with Gasteiger partial charge in [-0.2, -0.15) is 0 Å². The monoisotopic (exact) mass is 317 g/mol. The lowest BCUT2D eigenvalue weighted by Gasteiger charge is -2.28. The fourth-order valence-corrected chi connectivity index (χ4v) is 3.87. The van der Waals surface area contributed by atoms with Gasteiger partial charge in [-0.15, -0.1) is 11.3 Å². The average molecular weight is 318 g/mol. The maximum absolute atomic E-state index is 3.58. The molecule has 1 nitrogen and oxygen atoms in total. The molecule has 98 valence electrons. The zero-order chi connectivity index (χ0) is 13.3. The Morgan fingerprint density at radius 1 is 1.24 bits per heavy atom. The highest BCUT2D eigenvalue weighted by atomic mass is 79.9.